The molecule has 0 bridgehead atoms. The summed E-state index contributed by atoms with van der Waals surface area (Å²) in [5.74, 6) is 0.303. The van der Waals surface area contributed by atoms with E-state index in [4.69, 9.17) is 39.6 Å². The van der Waals surface area contributed by atoms with E-state index in [2.05, 4.69) is 36.4 Å². The van der Waals surface area contributed by atoms with Crippen LogP contribution >= 0.6 is 34.8 Å². The first-order valence-corrected chi connectivity index (χ1v) is 11.6. The minimum Gasteiger partial charge on any atom is -0.376 e. The third-order valence-electron chi connectivity index (χ3n) is 5.46. The number of rotatable bonds is 9. The van der Waals surface area contributed by atoms with E-state index >= 15 is 0 Å². The van der Waals surface area contributed by atoms with Gasteiger partial charge in [-0.3, -0.25) is 9.88 Å². The van der Waals surface area contributed by atoms with Gasteiger partial charge in [0.1, 0.15) is 6.07 Å². The van der Waals surface area contributed by atoms with Crippen molar-refractivity contribution >= 4 is 51.4 Å². The van der Waals surface area contributed by atoms with Gasteiger partial charge in [-0.25, -0.2) is 5.06 Å². The molecule has 0 saturated heterocycles. The summed E-state index contributed by atoms with van der Waals surface area (Å²) in [4.78, 5) is 12.9. The van der Waals surface area contributed by atoms with Crippen LogP contribution in [0.15, 0.2) is 54.7 Å². The average molecular weight is 504 g/mol. The van der Waals surface area contributed by atoms with Crippen molar-refractivity contribution in [3.05, 3.63) is 75.4 Å². The van der Waals surface area contributed by atoms with Gasteiger partial charge in [0.25, 0.3) is 0 Å². The molecule has 0 radical (unpaired) electrons. The largest absolute Gasteiger partial charge is 0.376 e. The van der Waals surface area contributed by atoms with Gasteiger partial charge in [-0.2, -0.15) is 5.26 Å². The van der Waals surface area contributed by atoms with Crippen LogP contribution in [-0.4, -0.2) is 36.1 Å². The van der Waals surface area contributed by atoms with Crippen LogP contribution in [0.5, 0.6) is 5.75 Å². The highest BCUT2D eigenvalue weighted by atomic mass is 35.5. The average Bonchev–Trinajstić information content (AvgIpc) is 2.79. The van der Waals surface area contributed by atoms with Gasteiger partial charge in [-0.15, -0.1) is 0 Å². The van der Waals surface area contributed by atoms with E-state index in [0.717, 1.165) is 29.6 Å². The number of benzene rings is 2. The highest BCUT2D eigenvalue weighted by molar-refractivity contribution is 6.40. The molecule has 8 heteroatoms. The molecule has 0 N–H and O–H groups in total. The van der Waals surface area contributed by atoms with E-state index in [9.17, 15) is 5.26 Å². The molecule has 0 fully saturated rings. The van der Waals surface area contributed by atoms with Crippen molar-refractivity contribution < 1.29 is 4.84 Å². The van der Waals surface area contributed by atoms with Crippen molar-refractivity contribution in [2.24, 2.45) is 0 Å². The molecule has 3 aromatic rings. The molecule has 3 rings (SSSR count). The summed E-state index contributed by atoms with van der Waals surface area (Å²) in [5.41, 5.74) is 2.98. The van der Waals surface area contributed by atoms with E-state index in [-0.39, 0.29) is 6.04 Å². The number of nitrogens with zero attached hydrogens (tertiary/aromatic N) is 4. The third-order valence-corrected chi connectivity index (χ3v) is 6.24. The van der Waals surface area contributed by atoms with Crippen LogP contribution in [0.2, 0.25) is 15.1 Å². The topological polar surface area (TPSA) is 52.4 Å². The fraction of sp³-hybridized carbons (Fsp3) is 0.280. The first kappa shape index (κ1) is 25.1. The highest BCUT2D eigenvalue weighted by Gasteiger charge is 2.22. The molecule has 0 aliphatic rings. The fourth-order valence-electron chi connectivity index (χ4n) is 3.38. The Balaban J connectivity index is 2.06. The Morgan fingerprint density at radius 3 is 2.55 bits per heavy atom. The number of hydrogen-bond donors (Lipinski definition) is 0. The summed E-state index contributed by atoms with van der Waals surface area (Å²) in [5, 5.41) is 13.1. The number of pyridine rings is 1. The summed E-state index contributed by atoms with van der Waals surface area (Å²) >= 11 is 18.9. The van der Waals surface area contributed by atoms with E-state index in [1.165, 1.54) is 0 Å². The molecule has 1 atom stereocenters. The summed E-state index contributed by atoms with van der Waals surface area (Å²) in [7, 11) is 2.05. The van der Waals surface area contributed by atoms with Crippen LogP contribution in [0, 0.1) is 11.3 Å². The Morgan fingerprint density at radius 2 is 1.91 bits per heavy atom. The Hall–Kier alpha value is -2.49. The van der Waals surface area contributed by atoms with Gasteiger partial charge < -0.3 is 4.84 Å². The lowest BCUT2D eigenvalue weighted by atomic mass is 10.1. The molecule has 33 heavy (non-hydrogen) atoms. The standard InChI is InChI=1S/C25H25Cl3N4O/c1-5-16(2)14-31(4)17(3)15-32(33-25-21(27)11-19(26)12-22(25)28)23-9-8-18(13-29)24-20(23)7-6-10-30-24/h6-12,17H,2,5,14-15H2,1,3-4H3/t17-/m1/s1. The van der Waals surface area contributed by atoms with Gasteiger partial charge in [0.05, 0.1) is 33.4 Å². The van der Waals surface area contributed by atoms with Crippen molar-refractivity contribution in [2.45, 2.75) is 26.3 Å². The number of aromatic nitrogens is 1. The molecule has 1 aromatic heterocycles. The lowest BCUT2D eigenvalue weighted by Gasteiger charge is -2.33. The van der Waals surface area contributed by atoms with Crippen LogP contribution in [0.3, 0.4) is 0 Å². The maximum absolute atomic E-state index is 9.53. The molecule has 0 amide bonds. The molecule has 0 aliphatic heterocycles. The van der Waals surface area contributed by atoms with Gasteiger partial charge in [-0.1, -0.05) is 53.9 Å². The normalized spacial score (nSPS) is 11.9. The van der Waals surface area contributed by atoms with Crippen molar-refractivity contribution in [3.63, 3.8) is 0 Å². The quantitative estimate of drug-likeness (QED) is 0.229. The van der Waals surface area contributed by atoms with Crippen LogP contribution in [-0.2, 0) is 0 Å². The Kier molecular flexibility index (Phi) is 8.45. The lowest BCUT2D eigenvalue weighted by Crippen LogP contribution is -2.42. The SMILES string of the molecule is C=C(CC)CN(C)[C@H](C)CN(Oc1c(Cl)cc(Cl)cc1Cl)c1ccc(C#N)c2ncccc12. The lowest BCUT2D eigenvalue weighted by molar-refractivity contribution is 0.213. The molecule has 0 spiro atoms. The van der Waals surface area contributed by atoms with Crippen molar-refractivity contribution in [1.29, 1.82) is 5.26 Å². The summed E-state index contributed by atoms with van der Waals surface area (Å²) in [6.07, 6.45) is 2.58. The van der Waals surface area contributed by atoms with Gasteiger partial charge >= 0.3 is 0 Å². The molecular weight excluding hydrogens is 479 g/mol. The molecule has 2 aromatic carbocycles. The fourth-order valence-corrected chi connectivity index (χ4v) is 4.26. The van der Waals surface area contributed by atoms with Crippen LogP contribution in [0.4, 0.5) is 5.69 Å². The molecule has 0 aliphatic carbocycles. The van der Waals surface area contributed by atoms with E-state index in [1.54, 1.807) is 29.5 Å². The zero-order valence-corrected chi connectivity index (χ0v) is 21.0. The van der Waals surface area contributed by atoms with Crippen LogP contribution < -0.4 is 9.90 Å². The number of halogens is 3. The molecule has 5 nitrogen and oxygen atoms in total. The zero-order chi connectivity index (χ0) is 24.1. The van der Waals surface area contributed by atoms with Crippen molar-refractivity contribution in [3.8, 4) is 11.8 Å². The predicted molar refractivity (Wildman–Crippen MR) is 137 cm³/mol. The Morgan fingerprint density at radius 1 is 1.21 bits per heavy atom. The van der Waals surface area contributed by atoms with Crippen LogP contribution in [0.25, 0.3) is 10.9 Å². The summed E-state index contributed by atoms with van der Waals surface area (Å²) in [6, 6.07) is 12.8. The summed E-state index contributed by atoms with van der Waals surface area (Å²) in [6.45, 7) is 9.57. The van der Waals surface area contributed by atoms with Crippen molar-refractivity contribution in [2.75, 3.05) is 25.2 Å². The number of nitriles is 1. The molecular formula is C25H25Cl3N4O. The Labute approximate surface area is 209 Å². The number of anilines is 1. The van der Waals surface area contributed by atoms with Gasteiger partial charge in [-0.05, 0) is 56.8 Å². The molecule has 172 valence electrons. The zero-order valence-electron chi connectivity index (χ0n) is 18.8. The maximum Gasteiger partial charge on any atom is 0.192 e. The second kappa shape index (κ2) is 11.1. The van der Waals surface area contributed by atoms with Gasteiger partial charge in [0.2, 0.25) is 0 Å². The third kappa shape index (κ3) is 5.90. The summed E-state index contributed by atoms with van der Waals surface area (Å²) < 4.78 is 0. The van der Waals surface area contributed by atoms with E-state index in [1.807, 2.05) is 25.2 Å². The van der Waals surface area contributed by atoms with Crippen LogP contribution in [0.1, 0.15) is 25.8 Å². The number of likely N-dealkylation sites (N-methyl/N-ethyl adjacent to an activating group) is 1. The van der Waals surface area contributed by atoms with E-state index in [0.29, 0.717) is 38.4 Å². The molecule has 1 heterocycles. The van der Waals surface area contributed by atoms with Crippen molar-refractivity contribution in [1.82, 2.24) is 9.88 Å². The van der Waals surface area contributed by atoms with Gasteiger partial charge in [0.15, 0.2) is 5.75 Å². The highest BCUT2D eigenvalue weighted by Crippen LogP contribution is 2.38. The smallest absolute Gasteiger partial charge is 0.192 e. The first-order valence-electron chi connectivity index (χ1n) is 10.5. The first-order chi connectivity index (χ1) is 15.7. The number of hydrogen-bond acceptors (Lipinski definition) is 5. The molecule has 0 saturated carbocycles. The number of hydroxylamine groups is 1. The minimum absolute atomic E-state index is 0.0838. The second-order valence-corrected chi connectivity index (χ2v) is 9.11. The minimum atomic E-state index is 0.0838. The van der Waals surface area contributed by atoms with E-state index < -0.39 is 0 Å². The van der Waals surface area contributed by atoms with Gasteiger partial charge in [0, 0.05) is 29.2 Å². The predicted octanol–water partition coefficient (Wildman–Crippen LogP) is 7.15. The second-order valence-electron chi connectivity index (χ2n) is 7.86. The molecule has 0 unspecified atom stereocenters. The Bertz CT molecular complexity index is 1180. The maximum atomic E-state index is 9.53. The monoisotopic (exact) mass is 502 g/mol. The number of fused-ring (bicyclic) bond motifs is 1.